The van der Waals surface area contributed by atoms with Gasteiger partial charge in [0.25, 0.3) is 0 Å². The second kappa shape index (κ2) is 4.53. The Hall–Kier alpha value is -2.29. The van der Waals surface area contributed by atoms with Crippen molar-refractivity contribution in [2.45, 2.75) is 12.5 Å². The highest BCUT2D eigenvalue weighted by Crippen LogP contribution is 2.31. The van der Waals surface area contributed by atoms with Crippen molar-refractivity contribution >= 4 is 17.3 Å². The molecule has 90 valence electrons. The SMILES string of the molecule is O=C1C[C@@H](c2ccccc2)Nc2ccccc2N1. The van der Waals surface area contributed by atoms with Gasteiger partial charge in [0.2, 0.25) is 5.91 Å². The second-order valence-electron chi connectivity index (χ2n) is 4.41. The molecule has 0 unspecified atom stereocenters. The highest BCUT2D eigenvalue weighted by molar-refractivity contribution is 5.96. The molecule has 0 aromatic heterocycles. The number of hydrogen-bond donors (Lipinski definition) is 2. The van der Waals surface area contributed by atoms with Crippen LogP contribution in [0.15, 0.2) is 54.6 Å². The van der Waals surface area contributed by atoms with E-state index in [2.05, 4.69) is 10.6 Å². The molecule has 0 saturated carbocycles. The van der Waals surface area contributed by atoms with Crippen LogP contribution >= 0.6 is 0 Å². The highest BCUT2D eigenvalue weighted by atomic mass is 16.1. The van der Waals surface area contributed by atoms with Gasteiger partial charge in [0, 0.05) is 0 Å². The lowest BCUT2D eigenvalue weighted by atomic mass is 10.0. The van der Waals surface area contributed by atoms with Gasteiger partial charge in [-0.2, -0.15) is 0 Å². The van der Waals surface area contributed by atoms with E-state index in [9.17, 15) is 4.79 Å². The third-order valence-corrected chi connectivity index (χ3v) is 3.12. The molecule has 18 heavy (non-hydrogen) atoms. The normalized spacial score (nSPS) is 18.2. The quantitative estimate of drug-likeness (QED) is 0.801. The van der Waals surface area contributed by atoms with Gasteiger partial charge in [-0.25, -0.2) is 0 Å². The van der Waals surface area contributed by atoms with E-state index >= 15 is 0 Å². The van der Waals surface area contributed by atoms with Crippen LogP contribution in [-0.4, -0.2) is 5.91 Å². The minimum atomic E-state index is 0.0230. The molecular weight excluding hydrogens is 224 g/mol. The Labute approximate surface area is 106 Å². The number of nitrogens with one attached hydrogen (secondary N) is 2. The Morgan fingerprint density at radius 2 is 1.56 bits per heavy atom. The van der Waals surface area contributed by atoms with E-state index in [1.54, 1.807) is 0 Å². The smallest absolute Gasteiger partial charge is 0.226 e. The van der Waals surface area contributed by atoms with Crippen LogP contribution in [0.25, 0.3) is 0 Å². The molecule has 0 fully saturated rings. The summed E-state index contributed by atoms with van der Waals surface area (Å²) in [6.45, 7) is 0. The summed E-state index contributed by atoms with van der Waals surface area (Å²) in [5.41, 5.74) is 2.95. The Morgan fingerprint density at radius 1 is 0.889 bits per heavy atom. The Balaban J connectivity index is 1.97. The molecule has 0 bridgehead atoms. The molecule has 0 radical (unpaired) electrons. The standard InChI is InChI=1S/C15H14N2O/c18-15-10-14(11-6-2-1-3-7-11)16-12-8-4-5-9-13(12)17-15/h1-9,14,16H,10H2,(H,17,18)/t14-/m0/s1. The third kappa shape index (κ3) is 2.07. The summed E-state index contributed by atoms with van der Waals surface area (Å²) in [4.78, 5) is 11.9. The lowest BCUT2D eigenvalue weighted by molar-refractivity contribution is -0.116. The predicted octanol–water partition coefficient (Wildman–Crippen LogP) is 3.18. The van der Waals surface area contributed by atoms with Crippen LogP contribution in [-0.2, 0) is 4.79 Å². The van der Waals surface area contributed by atoms with E-state index in [0.29, 0.717) is 6.42 Å². The van der Waals surface area contributed by atoms with Gasteiger partial charge in [0.15, 0.2) is 0 Å². The van der Waals surface area contributed by atoms with Crippen molar-refractivity contribution in [2.24, 2.45) is 0 Å². The molecule has 1 atom stereocenters. The molecule has 3 heteroatoms. The molecule has 3 rings (SSSR count). The molecule has 3 nitrogen and oxygen atoms in total. The molecule has 1 aliphatic rings. The van der Waals surface area contributed by atoms with Crippen LogP contribution in [0.2, 0.25) is 0 Å². The zero-order valence-corrected chi connectivity index (χ0v) is 9.89. The van der Waals surface area contributed by atoms with Gasteiger partial charge in [-0.1, -0.05) is 42.5 Å². The van der Waals surface area contributed by atoms with E-state index < -0.39 is 0 Å². The van der Waals surface area contributed by atoms with Crippen LogP contribution in [0.4, 0.5) is 11.4 Å². The van der Waals surface area contributed by atoms with E-state index in [0.717, 1.165) is 16.9 Å². The number of benzene rings is 2. The molecule has 0 spiro atoms. The average molecular weight is 238 g/mol. The molecule has 1 heterocycles. The fraction of sp³-hybridized carbons (Fsp3) is 0.133. The molecular formula is C15H14N2O. The van der Waals surface area contributed by atoms with Gasteiger partial charge in [-0.3, -0.25) is 4.79 Å². The Morgan fingerprint density at radius 3 is 2.33 bits per heavy atom. The first-order valence-electron chi connectivity index (χ1n) is 6.03. The molecule has 1 amide bonds. The number of amides is 1. The van der Waals surface area contributed by atoms with Gasteiger partial charge in [0.1, 0.15) is 0 Å². The molecule has 0 saturated heterocycles. The van der Waals surface area contributed by atoms with Gasteiger partial charge in [-0.15, -0.1) is 0 Å². The number of hydrogen-bond acceptors (Lipinski definition) is 2. The van der Waals surface area contributed by atoms with E-state index in [-0.39, 0.29) is 11.9 Å². The van der Waals surface area contributed by atoms with Gasteiger partial charge in [-0.05, 0) is 17.7 Å². The van der Waals surface area contributed by atoms with Crippen molar-refractivity contribution in [2.75, 3.05) is 10.6 Å². The van der Waals surface area contributed by atoms with Crippen LogP contribution < -0.4 is 10.6 Å². The molecule has 2 N–H and O–H groups in total. The summed E-state index contributed by atoms with van der Waals surface area (Å²) in [6.07, 6.45) is 0.443. The van der Waals surface area contributed by atoms with Crippen LogP contribution in [0.3, 0.4) is 0 Å². The summed E-state index contributed by atoms with van der Waals surface area (Å²) in [5, 5.41) is 6.34. The monoisotopic (exact) mass is 238 g/mol. The van der Waals surface area contributed by atoms with Gasteiger partial charge >= 0.3 is 0 Å². The third-order valence-electron chi connectivity index (χ3n) is 3.12. The Kier molecular flexibility index (Phi) is 2.73. The second-order valence-corrected chi connectivity index (χ2v) is 4.41. The maximum atomic E-state index is 11.9. The minimum Gasteiger partial charge on any atom is -0.376 e. The zero-order chi connectivity index (χ0) is 12.4. The van der Waals surface area contributed by atoms with E-state index in [1.807, 2.05) is 54.6 Å². The van der Waals surface area contributed by atoms with Crippen LogP contribution in [0.1, 0.15) is 18.0 Å². The number of para-hydroxylation sites is 2. The van der Waals surface area contributed by atoms with Gasteiger partial charge < -0.3 is 10.6 Å². The van der Waals surface area contributed by atoms with Crippen molar-refractivity contribution in [3.63, 3.8) is 0 Å². The van der Waals surface area contributed by atoms with Crippen molar-refractivity contribution in [1.29, 1.82) is 0 Å². The van der Waals surface area contributed by atoms with Crippen molar-refractivity contribution in [1.82, 2.24) is 0 Å². The molecule has 2 aromatic rings. The molecule has 1 aliphatic heterocycles. The number of carbonyl (C=O) groups excluding carboxylic acids is 1. The van der Waals surface area contributed by atoms with Crippen molar-refractivity contribution in [3.05, 3.63) is 60.2 Å². The number of rotatable bonds is 1. The first-order chi connectivity index (χ1) is 8.83. The molecule has 0 aliphatic carbocycles. The number of carbonyl (C=O) groups is 1. The first-order valence-corrected chi connectivity index (χ1v) is 6.03. The fourth-order valence-electron chi connectivity index (χ4n) is 2.23. The maximum absolute atomic E-state index is 11.9. The molecule has 2 aromatic carbocycles. The number of fused-ring (bicyclic) bond motifs is 1. The predicted molar refractivity (Wildman–Crippen MR) is 72.5 cm³/mol. The highest BCUT2D eigenvalue weighted by Gasteiger charge is 2.21. The van der Waals surface area contributed by atoms with Crippen LogP contribution in [0, 0.1) is 0 Å². The number of anilines is 2. The summed E-state index contributed by atoms with van der Waals surface area (Å²) in [5.74, 6) is 0.0429. The summed E-state index contributed by atoms with van der Waals surface area (Å²) >= 11 is 0. The zero-order valence-electron chi connectivity index (χ0n) is 9.89. The van der Waals surface area contributed by atoms with Crippen molar-refractivity contribution < 1.29 is 4.79 Å². The lowest BCUT2D eigenvalue weighted by Crippen LogP contribution is -2.15. The first kappa shape index (κ1) is 10.8. The minimum absolute atomic E-state index is 0.0230. The summed E-state index contributed by atoms with van der Waals surface area (Å²) < 4.78 is 0. The van der Waals surface area contributed by atoms with E-state index in [4.69, 9.17) is 0 Å². The van der Waals surface area contributed by atoms with Crippen LogP contribution in [0.5, 0.6) is 0 Å². The summed E-state index contributed by atoms with van der Waals surface area (Å²) in [6, 6.07) is 17.8. The van der Waals surface area contributed by atoms with Gasteiger partial charge in [0.05, 0.1) is 23.8 Å². The fourth-order valence-corrected chi connectivity index (χ4v) is 2.23. The topological polar surface area (TPSA) is 41.1 Å². The lowest BCUT2D eigenvalue weighted by Gasteiger charge is -2.17. The largest absolute Gasteiger partial charge is 0.376 e. The van der Waals surface area contributed by atoms with E-state index in [1.165, 1.54) is 0 Å². The maximum Gasteiger partial charge on any atom is 0.226 e. The van der Waals surface area contributed by atoms with Crippen molar-refractivity contribution in [3.8, 4) is 0 Å². The average Bonchev–Trinajstić information content (AvgIpc) is 2.57. The summed E-state index contributed by atoms with van der Waals surface area (Å²) in [7, 11) is 0. The Bertz CT molecular complexity index is 566.